The second-order valence-corrected chi connectivity index (χ2v) is 7.68. The molecule has 0 bridgehead atoms. The van der Waals surface area contributed by atoms with Crippen LogP contribution in [0.2, 0.25) is 0 Å². The van der Waals surface area contributed by atoms with E-state index >= 15 is 0 Å². The average Bonchev–Trinajstić information content (AvgIpc) is 2.70. The molecule has 2 aromatic rings. The van der Waals surface area contributed by atoms with Crippen molar-refractivity contribution < 1.29 is 22.8 Å². The quantitative estimate of drug-likeness (QED) is 0.830. The first kappa shape index (κ1) is 19.3. The van der Waals surface area contributed by atoms with Crippen molar-refractivity contribution in [2.24, 2.45) is 0 Å². The van der Waals surface area contributed by atoms with Gasteiger partial charge in [0, 0.05) is 22.3 Å². The maximum Gasteiger partial charge on any atom is 0.416 e. The van der Waals surface area contributed by atoms with Gasteiger partial charge in [0.1, 0.15) is 6.54 Å². The van der Waals surface area contributed by atoms with Gasteiger partial charge in [-0.15, -0.1) is 11.8 Å². The molecule has 142 valence electrons. The van der Waals surface area contributed by atoms with Crippen molar-refractivity contribution in [3.63, 3.8) is 0 Å². The Kier molecular flexibility index (Phi) is 5.46. The Morgan fingerprint density at radius 1 is 1.19 bits per heavy atom. The summed E-state index contributed by atoms with van der Waals surface area (Å²) in [5.74, 6) is -0.639. The predicted molar refractivity (Wildman–Crippen MR) is 98.8 cm³/mol. The molecule has 8 heteroatoms. The Morgan fingerprint density at radius 2 is 1.85 bits per heavy atom. The number of rotatable bonds is 3. The van der Waals surface area contributed by atoms with Crippen LogP contribution >= 0.6 is 11.8 Å². The lowest BCUT2D eigenvalue weighted by Gasteiger charge is -2.22. The molecule has 0 saturated carbocycles. The molecule has 0 radical (unpaired) electrons. The zero-order chi connectivity index (χ0) is 19.6. The number of anilines is 2. The summed E-state index contributed by atoms with van der Waals surface area (Å²) in [7, 11) is 0. The highest BCUT2D eigenvalue weighted by Gasteiger charge is 2.30. The van der Waals surface area contributed by atoms with E-state index in [-0.39, 0.29) is 23.4 Å². The molecule has 2 aromatic carbocycles. The van der Waals surface area contributed by atoms with Gasteiger partial charge in [0.05, 0.1) is 11.3 Å². The number of hydrogen-bond donors (Lipinski definition) is 1. The van der Waals surface area contributed by atoms with Crippen LogP contribution in [-0.4, -0.2) is 23.6 Å². The number of hydrogen-bond acceptors (Lipinski definition) is 3. The largest absolute Gasteiger partial charge is 0.416 e. The molecule has 2 amide bonds. The second kappa shape index (κ2) is 7.64. The number of alkyl halides is 3. The maximum absolute atomic E-state index is 12.6. The van der Waals surface area contributed by atoms with Gasteiger partial charge in [-0.1, -0.05) is 19.1 Å². The number of carbonyl (C=O) groups excluding carboxylic acids is 2. The van der Waals surface area contributed by atoms with Crippen LogP contribution in [0.3, 0.4) is 0 Å². The van der Waals surface area contributed by atoms with Gasteiger partial charge in [0.25, 0.3) is 0 Å². The van der Waals surface area contributed by atoms with Crippen molar-refractivity contribution in [2.75, 3.05) is 16.8 Å². The van der Waals surface area contributed by atoms with Crippen molar-refractivity contribution in [3.8, 4) is 0 Å². The van der Waals surface area contributed by atoms with Crippen molar-refractivity contribution in [3.05, 3.63) is 54.1 Å². The van der Waals surface area contributed by atoms with E-state index in [9.17, 15) is 22.8 Å². The van der Waals surface area contributed by atoms with E-state index in [0.717, 1.165) is 17.0 Å². The number of thioether (sulfide) groups is 1. The third-order valence-corrected chi connectivity index (χ3v) is 5.21. The third-order valence-electron chi connectivity index (χ3n) is 4.05. The second-order valence-electron chi connectivity index (χ2n) is 6.20. The number of nitrogens with zero attached hydrogens (tertiary/aromatic N) is 1. The number of carbonyl (C=O) groups is 2. The fourth-order valence-electron chi connectivity index (χ4n) is 2.79. The SMILES string of the molecule is C[C@H]1CC(=O)N(CC(=O)Nc2ccc(C(F)(F)F)cc2)c2ccccc2S1. The Labute approximate surface area is 158 Å². The Morgan fingerprint density at radius 3 is 2.52 bits per heavy atom. The smallest absolute Gasteiger partial charge is 0.325 e. The Bertz CT molecular complexity index is 853. The molecule has 0 spiro atoms. The molecule has 1 heterocycles. The summed E-state index contributed by atoms with van der Waals surface area (Å²) < 4.78 is 37.8. The van der Waals surface area contributed by atoms with Crippen LogP contribution < -0.4 is 10.2 Å². The number of fused-ring (bicyclic) bond motifs is 1. The Balaban J connectivity index is 1.74. The van der Waals surface area contributed by atoms with Gasteiger partial charge in [0.15, 0.2) is 0 Å². The summed E-state index contributed by atoms with van der Waals surface area (Å²) in [5.41, 5.74) is 0.119. The fourth-order valence-corrected chi connectivity index (χ4v) is 3.90. The number of benzene rings is 2. The van der Waals surface area contributed by atoms with Crippen LogP contribution in [0.25, 0.3) is 0 Å². The van der Waals surface area contributed by atoms with Crippen molar-refractivity contribution in [1.82, 2.24) is 0 Å². The standard InChI is InChI=1S/C19H17F3N2O2S/c1-12-10-18(26)24(15-4-2-3-5-16(15)27-12)11-17(25)23-14-8-6-13(7-9-14)19(20,21)22/h2-9,12H,10-11H2,1H3,(H,23,25)/t12-/m0/s1. The molecule has 27 heavy (non-hydrogen) atoms. The molecule has 1 aliphatic rings. The molecule has 1 atom stereocenters. The van der Waals surface area contributed by atoms with Crippen LogP contribution in [0.15, 0.2) is 53.4 Å². The average molecular weight is 394 g/mol. The molecular weight excluding hydrogens is 377 g/mol. The van der Waals surface area contributed by atoms with Crippen molar-refractivity contribution >= 4 is 35.0 Å². The summed E-state index contributed by atoms with van der Waals surface area (Å²) >= 11 is 1.57. The highest BCUT2D eigenvalue weighted by Crippen LogP contribution is 2.37. The van der Waals surface area contributed by atoms with Crippen molar-refractivity contribution in [1.29, 1.82) is 0 Å². The van der Waals surface area contributed by atoms with E-state index in [4.69, 9.17) is 0 Å². The van der Waals surface area contributed by atoms with E-state index in [2.05, 4.69) is 5.32 Å². The lowest BCUT2D eigenvalue weighted by atomic mass is 10.2. The first-order valence-corrected chi connectivity index (χ1v) is 9.15. The zero-order valence-electron chi connectivity index (χ0n) is 14.4. The number of halogens is 3. The summed E-state index contributed by atoms with van der Waals surface area (Å²) in [6.45, 7) is 1.75. The minimum atomic E-state index is -4.43. The van der Waals surface area contributed by atoms with E-state index in [1.807, 2.05) is 19.1 Å². The molecule has 0 fully saturated rings. The van der Waals surface area contributed by atoms with Gasteiger partial charge in [-0.25, -0.2) is 0 Å². The van der Waals surface area contributed by atoms with E-state index in [0.29, 0.717) is 12.1 Å². The molecule has 0 saturated heterocycles. The predicted octanol–water partition coefficient (Wildman–Crippen LogP) is 4.56. The van der Waals surface area contributed by atoms with E-state index in [1.54, 1.807) is 23.9 Å². The lowest BCUT2D eigenvalue weighted by Crippen LogP contribution is -2.38. The van der Waals surface area contributed by atoms with Crippen LogP contribution in [0.5, 0.6) is 0 Å². The minimum Gasteiger partial charge on any atom is -0.325 e. The Hall–Kier alpha value is -2.48. The molecule has 0 aromatic heterocycles. The van der Waals surface area contributed by atoms with Crippen LogP contribution in [0, 0.1) is 0 Å². The van der Waals surface area contributed by atoms with E-state index < -0.39 is 17.6 Å². The van der Waals surface area contributed by atoms with Crippen LogP contribution in [0.4, 0.5) is 24.5 Å². The molecule has 3 rings (SSSR count). The molecular formula is C19H17F3N2O2S. The van der Waals surface area contributed by atoms with Gasteiger partial charge < -0.3 is 10.2 Å². The number of amides is 2. The first-order valence-electron chi connectivity index (χ1n) is 8.27. The summed E-state index contributed by atoms with van der Waals surface area (Å²) in [5, 5.41) is 2.63. The fraction of sp³-hybridized carbons (Fsp3) is 0.263. The molecule has 0 aliphatic carbocycles. The van der Waals surface area contributed by atoms with Crippen LogP contribution in [-0.2, 0) is 15.8 Å². The summed E-state index contributed by atoms with van der Waals surface area (Å²) in [4.78, 5) is 27.3. The van der Waals surface area contributed by atoms with Gasteiger partial charge in [-0.3, -0.25) is 9.59 Å². The topological polar surface area (TPSA) is 49.4 Å². The summed E-state index contributed by atoms with van der Waals surface area (Å²) in [6, 6.07) is 11.5. The lowest BCUT2D eigenvalue weighted by molar-refractivity contribution is -0.137. The number of para-hydroxylation sites is 1. The van der Waals surface area contributed by atoms with Gasteiger partial charge >= 0.3 is 6.18 Å². The first-order chi connectivity index (χ1) is 12.7. The van der Waals surface area contributed by atoms with Gasteiger partial charge in [-0.2, -0.15) is 13.2 Å². The van der Waals surface area contributed by atoms with Crippen LogP contribution in [0.1, 0.15) is 18.9 Å². The summed E-state index contributed by atoms with van der Waals surface area (Å²) in [6.07, 6.45) is -4.13. The molecule has 1 N–H and O–H groups in total. The highest BCUT2D eigenvalue weighted by molar-refractivity contribution is 8.00. The minimum absolute atomic E-state index is 0.0848. The van der Waals surface area contributed by atoms with Gasteiger partial charge in [0.2, 0.25) is 11.8 Å². The maximum atomic E-state index is 12.6. The van der Waals surface area contributed by atoms with E-state index in [1.165, 1.54) is 17.0 Å². The molecule has 4 nitrogen and oxygen atoms in total. The monoisotopic (exact) mass is 394 g/mol. The third kappa shape index (κ3) is 4.63. The van der Waals surface area contributed by atoms with Gasteiger partial charge in [-0.05, 0) is 36.4 Å². The molecule has 0 unspecified atom stereocenters. The van der Waals surface area contributed by atoms with Crippen molar-refractivity contribution in [2.45, 2.75) is 29.7 Å². The normalized spacial score (nSPS) is 17.3. The molecule has 1 aliphatic heterocycles. The highest BCUT2D eigenvalue weighted by atomic mass is 32.2. The number of nitrogens with one attached hydrogen (secondary N) is 1. The zero-order valence-corrected chi connectivity index (χ0v) is 15.2.